The first kappa shape index (κ1) is 19.3. The molecule has 0 saturated carbocycles. The van der Waals surface area contributed by atoms with Gasteiger partial charge in [0.1, 0.15) is 18.4 Å². The molecule has 0 aliphatic carbocycles. The van der Waals surface area contributed by atoms with E-state index in [2.05, 4.69) is 20.5 Å². The highest BCUT2D eigenvalue weighted by molar-refractivity contribution is 5.80. The Kier molecular flexibility index (Phi) is 5.83. The lowest BCUT2D eigenvalue weighted by Gasteiger charge is -2.17. The summed E-state index contributed by atoms with van der Waals surface area (Å²) in [4.78, 5) is 28.1. The second-order valence-corrected chi connectivity index (χ2v) is 6.34. The molecule has 2 heterocycles. The standard InChI is InChI=1S/C19H22N6O3/c1-13-5-4-6-16(14(13)2)28-15(3)19(27)21-9-10-24-18(26)8-7-17(23-24)25-12-20-11-22-25/h4-8,11-12,15H,9-10H2,1-3H3,(H,21,27)/t15-/m0/s1. The van der Waals surface area contributed by atoms with Gasteiger partial charge >= 0.3 is 0 Å². The monoisotopic (exact) mass is 382 g/mol. The smallest absolute Gasteiger partial charge is 0.266 e. The van der Waals surface area contributed by atoms with Crippen molar-refractivity contribution in [1.82, 2.24) is 29.9 Å². The van der Waals surface area contributed by atoms with Crippen molar-refractivity contribution in [3.8, 4) is 11.6 Å². The number of nitrogens with one attached hydrogen (secondary N) is 1. The molecule has 3 rings (SSSR count). The van der Waals surface area contributed by atoms with Crippen LogP contribution in [-0.4, -0.2) is 43.1 Å². The van der Waals surface area contributed by atoms with Crippen molar-refractivity contribution >= 4 is 5.91 Å². The summed E-state index contributed by atoms with van der Waals surface area (Å²) in [7, 11) is 0. The normalized spacial score (nSPS) is 11.8. The summed E-state index contributed by atoms with van der Waals surface area (Å²) in [5, 5.41) is 11.0. The van der Waals surface area contributed by atoms with Crippen LogP contribution in [-0.2, 0) is 11.3 Å². The average molecular weight is 382 g/mol. The van der Waals surface area contributed by atoms with E-state index in [9.17, 15) is 9.59 Å². The topological polar surface area (TPSA) is 104 Å². The molecule has 0 fully saturated rings. The number of amides is 1. The van der Waals surface area contributed by atoms with Gasteiger partial charge in [-0.2, -0.15) is 5.10 Å². The van der Waals surface area contributed by atoms with E-state index in [4.69, 9.17) is 4.74 Å². The number of carbonyl (C=O) groups is 1. The summed E-state index contributed by atoms with van der Waals surface area (Å²) in [6, 6.07) is 8.68. The molecule has 9 nitrogen and oxygen atoms in total. The molecule has 28 heavy (non-hydrogen) atoms. The minimum Gasteiger partial charge on any atom is -0.481 e. The molecule has 0 aliphatic rings. The van der Waals surface area contributed by atoms with Gasteiger partial charge in [-0.15, -0.1) is 5.10 Å². The Morgan fingerprint density at radius 3 is 2.82 bits per heavy atom. The molecule has 0 unspecified atom stereocenters. The highest BCUT2D eigenvalue weighted by Gasteiger charge is 2.15. The Morgan fingerprint density at radius 2 is 2.07 bits per heavy atom. The molecule has 3 aromatic rings. The molecular formula is C19H22N6O3. The van der Waals surface area contributed by atoms with Crippen LogP contribution >= 0.6 is 0 Å². The van der Waals surface area contributed by atoms with Gasteiger partial charge in [-0.05, 0) is 44.0 Å². The van der Waals surface area contributed by atoms with Crippen molar-refractivity contribution in [2.24, 2.45) is 0 Å². The van der Waals surface area contributed by atoms with E-state index < -0.39 is 6.10 Å². The van der Waals surface area contributed by atoms with Crippen molar-refractivity contribution in [1.29, 1.82) is 0 Å². The van der Waals surface area contributed by atoms with Crippen molar-refractivity contribution in [3.05, 3.63) is 64.5 Å². The molecule has 0 bridgehead atoms. The molecule has 1 amide bonds. The fraction of sp³-hybridized carbons (Fsp3) is 0.316. The van der Waals surface area contributed by atoms with Crippen LogP contribution in [0.1, 0.15) is 18.1 Å². The zero-order valence-electron chi connectivity index (χ0n) is 16.0. The lowest BCUT2D eigenvalue weighted by molar-refractivity contribution is -0.127. The molecule has 1 aromatic carbocycles. The number of ether oxygens (including phenoxy) is 1. The maximum Gasteiger partial charge on any atom is 0.266 e. The third-order valence-corrected chi connectivity index (χ3v) is 4.36. The van der Waals surface area contributed by atoms with Crippen LogP contribution in [0.15, 0.2) is 47.8 Å². The summed E-state index contributed by atoms with van der Waals surface area (Å²) < 4.78 is 8.49. The number of hydrogen-bond acceptors (Lipinski definition) is 6. The van der Waals surface area contributed by atoms with Crippen LogP contribution in [0, 0.1) is 13.8 Å². The molecule has 2 aromatic heterocycles. The SMILES string of the molecule is Cc1cccc(O[C@@H](C)C(=O)NCCn2nc(-n3cncn3)ccc2=O)c1C. The third kappa shape index (κ3) is 4.43. The maximum atomic E-state index is 12.3. The molecule has 0 spiro atoms. The summed E-state index contributed by atoms with van der Waals surface area (Å²) in [5.41, 5.74) is 1.84. The predicted molar refractivity (Wildman–Crippen MR) is 102 cm³/mol. The van der Waals surface area contributed by atoms with Gasteiger partial charge in [0, 0.05) is 12.6 Å². The number of aromatic nitrogens is 5. The fourth-order valence-corrected chi connectivity index (χ4v) is 2.57. The molecule has 1 atom stereocenters. The highest BCUT2D eigenvalue weighted by atomic mass is 16.5. The fourth-order valence-electron chi connectivity index (χ4n) is 2.57. The number of nitrogens with zero attached hydrogens (tertiary/aromatic N) is 5. The van der Waals surface area contributed by atoms with Crippen LogP contribution < -0.4 is 15.6 Å². The van der Waals surface area contributed by atoms with Crippen molar-refractivity contribution < 1.29 is 9.53 Å². The van der Waals surface area contributed by atoms with Gasteiger partial charge in [-0.1, -0.05) is 12.1 Å². The third-order valence-electron chi connectivity index (χ3n) is 4.36. The van der Waals surface area contributed by atoms with Crippen LogP contribution in [0.2, 0.25) is 0 Å². The summed E-state index contributed by atoms with van der Waals surface area (Å²) in [6.45, 7) is 6.10. The molecule has 0 saturated heterocycles. The number of rotatable bonds is 7. The predicted octanol–water partition coefficient (Wildman–Crippen LogP) is 1.02. The van der Waals surface area contributed by atoms with Crippen molar-refractivity contribution in [3.63, 3.8) is 0 Å². The van der Waals surface area contributed by atoms with Crippen LogP contribution in [0.5, 0.6) is 5.75 Å². The van der Waals surface area contributed by atoms with Crippen LogP contribution in [0.4, 0.5) is 0 Å². The maximum absolute atomic E-state index is 12.3. The lowest BCUT2D eigenvalue weighted by atomic mass is 10.1. The second kappa shape index (κ2) is 8.47. The van der Waals surface area contributed by atoms with E-state index in [0.29, 0.717) is 11.6 Å². The van der Waals surface area contributed by atoms with Crippen LogP contribution in [0.25, 0.3) is 5.82 Å². The second-order valence-electron chi connectivity index (χ2n) is 6.34. The number of benzene rings is 1. The zero-order chi connectivity index (χ0) is 20.1. The van der Waals surface area contributed by atoms with Gasteiger partial charge < -0.3 is 10.1 Å². The average Bonchev–Trinajstić information content (AvgIpc) is 3.21. The number of hydrogen-bond donors (Lipinski definition) is 1. The first-order valence-corrected chi connectivity index (χ1v) is 8.89. The Hall–Kier alpha value is -3.49. The van der Waals surface area contributed by atoms with Crippen molar-refractivity contribution in [2.75, 3.05) is 6.54 Å². The van der Waals surface area contributed by atoms with Gasteiger partial charge in [0.25, 0.3) is 11.5 Å². The van der Waals surface area contributed by atoms with Gasteiger partial charge in [0.15, 0.2) is 11.9 Å². The Morgan fingerprint density at radius 1 is 1.25 bits per heavy atom. The van der Waals surface area contributed by atoms with E-state index in [-0.39, 0.29) is 24.6 Å². The molecule has 146 valence electrons. The molecule has 9 heteroatoms. The van der Waals surface area contributed by atoms with E-state index in [1.54, 1.807) is 13.0 Å². The van der Waals surface area contributed by atoms with Gasteiger partial charge in [-0.3, -0.25) is 9.59 Å². The molecule has 1 N–H and O–H groups in total. The quantitative estimate of drug-likeness (QED) is 0.654. The van der Waals surface area contributed by atoms with Gasteiger partial charge in [-0.25, -0.2) is 14.3 Å². The van der Waals surface area contributed by atoms with E-state index in [1.807, 2.05) is 32.0 Å². The lowest BCUT2D eigenvalue weighted by Crippen LogP contribution is -2.39. The van der Waals surface area contributed by atoms with E-state index in [1.165, 1.54) is 28.1 Å². The molecule has 0 aliphatic heterocycles. The minimum atomic E-state index is -0.660. The first-order chi connectivity index (χ1) is 13.5. The van der Waals surface area contributed by atoms with Gasteiger partial charge in [0.2, 0.25) is 0 Å². The van der Waals surface area contributed by atoms with E-state index in [0.717, 1.165) is 11.1 Å². The highest BCUT2D eigenvalue weighted by Crippen LogP contribution is 2.21. The summed E-state index contributed by atoms with van der Waals surface area (Å²) in [5.74, 6) is 0.887. The first-order valence-electron chi connectivity index (χ1n) is 8.89. The Balaban J connectivity index is 1.57. The van der Waals surface area contributed by atoms with E-state index >= 15 is 0 Å². The molecular weight excluding hydrogens is 360 g/mol. The number of aryl methyl sites for hydroxylation is 1. The summed E-state index contributed by atoms with van der Waals surface area (Å²) >= 11 is 0. The minimum absolute atomic E-state index is 0.225. The summed E-state index contributed by atoms with van der Waals surface area (Å²) in [6.07, 6.45) is 2.21. The Labute approximate surface area is 162 Å². The van der Waals surface area contributed by atoms with Crippen molar-refractivity contribution in [2.45, 2.75) is 33.4 Å². The zero-order valence-corrected chi connectivity index (χ0v) is 16.0. The number of carbonyl (C=O) groups excluding carboxylic acids is 1. The van der Waals surface area contributed by atoms with Crippen LogP contribution in [0.3, 0.4) is 0 Å². The largest absolute Gasteiger partial charge is 0.481 e. The molecule has 0 radical (unpaired) electrons. The van der Waals surface area contributed by atoms with Gasteiger partial charge in [0.05, 0.1) is 6.54 Å². The Bertz CT molecular complexity index is 1010.